The van der Waals surface area contributed by atoms with Gasteiger partial charge in [-0.3, -0.25) is 9.63 Å². The van der Waals surface area contributed by atoms with Gasteiger partial charge in [0.1, 0.15) is 11.3 Å². The molecule has 0 aromatic heterocycles. The Morgan fingerprint density at radius 3 is 2.24 bits per heavy atom. The minimum Gasteiger partial charge on any atom is -0.509 e. The van der Waals surface area contributed by atoms with Crippen molar-refractivity contribution >= 4 is 11.5 Å². The number of carbonyl (C=O) groups excluding carboxylic acids is 1. The second kappa shape index (κ2) is 6.12. The summed E-state index contributed by atoms with van der Waals surface area (Å²) >= 11 is 0. The van der Waals surface area contributed by atoms with Crippen LogP contribution in [0, 0.1) is 27.7 Å². The third kappa shape index (κ3) is 2.47. The maximum atomic E-state index is 13.1. The van der Waals surface area contributed by atoms with Crippen molar-refractivity contribution in [3.63, 3.8) is 0 Å². The molecule has 25 heavy (non-hydrogen) atoms. The van der Waals surface area contributed by atoms with Crippen LogP contribution < -0.4 is 0 Å². The third-order valence-corrected chi connectivity index (χ3v) is 5.82. The topological polar surface area (TPSA) is 73.2 Å². The lowest BCUT2D eigenvalue weighted by Gasteiger charge is -2.41. The lowest BCUT2D eigenvalue weighted by molar-refractivity contribution is -0.215. The van der Waals surface area contributed by atoms with E-state index in [9.17, 15) is 15.1 Å². The van der Waals surface area contributed by atoms with Crippen LogP contribution in [0.1, 0.15) is 40.7 Å². The largest absolute Gasteiger partial charge is 0.509 e. The minimum absolute atomic E-state index is 0.0573. The van der Waals surface area contributed by atoms with E-state index in [1.54, 1.807) is 0 Å². The monoisotopic (exact) mass is 346 g/mol. The van der Waals surface area contributed by atoms with Crippen molar-refractivity contribution in [2.24, 2.45) is 0 Å². The van der Waals surface area contributed by atoms with Crippen molar-refractivity contribution in [2.45, 2.75) is 46.1 Å². The Bertz CT molecular complexity index is 761. The van der Waals surface area contributed by atoms with Gasteiger partial charge in [-0.1, -0.05) is 6.07 Å². The molecule has 6 nitrogen and oxygen atoms in total. The van der Waals surface area contributed by atoms with Crippen LogP contribution in [0.5, 0.6) is 0 Å². The SMILES string of the molecule is CON1C(=O)C(c2c(C)cc(C)c(C)c2C)=C(O)C12CCN(O)CC2. The van der Waals surface area contributed by atoms with Crippen LogP contribution in [0.4, 0.5) is 0 Å². The summed E-state index contributed by atoms with van der Waals surface area (Å²) in [5, 5.41) is 23.3. The molecule has 2 N–H and O–H groups in total. The van der Waals surface area contributed by atoms with Crippen molar-refractivity contribution in [3.05, 3.63) is 39.6 Å². The summed E-state index contributed by atoms with van der Waals surface area (Å²) < 4.78 is 0. The number of hydrogen-bond acceptors (Lipinski definition) is 5. The van der Waals surface area contributed by atoms with Crippen molar-refractivity contribution < 1.29 is 19.9 Å². The minimum atomic E-state index is -0.905. The highest BCUT2D eigenvalue weighted by Gasteiger charge is 2.55. The molecule has 2 aliphatic rings. The van der Waals surface area contributed by atoms with Gasteiger partial charge in [-0.15, -0.1) is 0 Å². The van der Waals surface area contributed by atoms with Gasteiger partial charge in [0.05, 0.1) is 12.7 Å². The molecular formula is C19H26N2O4. The molecule has 136 valence electrons. The van der Waals surface area contributed by atoms with Crippen LogP contribution in [0.15, 0.2) is 11.8 Å². The standard InChI is InChI=1S/C19H26N2O4/c1-11-10-12(2)15(14(4)13(11)3)16-17(22)19(21(25-5)18(16)23)6-8-20(24)9-7-19/h10,22,24H,6-9H2,1-5H3. The maximum absolute atomic E-state index is 13.1. The van der Waals surface area contributed by atoms with E-state index in [-0.39, 0.29) is 11.7 Å². The summed E-state index contributed by atoms with van der Waals surface area (Å²) in [7, 11) is 1.45. The molecule has 2 heterocycles. The number of piperidine rings is 1. The number of aliphatic hydroxyl groups excluding tert-OH is 1. The molecule has 1 aromatic rings. The zero-order chi connectivity index (χ0) is 18.5. The first-order valence-corrected chi connectivity index (χ1v) is 8.58. The van der Waals surface area contributed by atoms with E-state index in [2.05, 4.69) is 0 Å². The van der Waals surface area contributed by atoms with E-state index in [1.165, 1.54) is 17.2 Å². The van der Waals surface area contributed by atoms with Gasteiger partial charge >= 0.3 is 0 Å². The third-order valence-electron chi connectivity index (χ3n) is 5.82. The predicted octanol–water partition coefficient (Wildman–Crippen LogP) is 2.82. The van der Waals surface area contributed by atoms with Gasteiger partial charge in [-0.2, -0.15) is 5.06 Å². The number of hydroxylamine groups is 4. The van der Waals surface area contributed by atoms with Gasteiger partial charge in [-0.05, 0) is 68.4 Å². The number of rotatable bonds is 2. The number of hydrogen-bond donors (Lipinski definition) is 2. The molecule has 1 aromatic carbocycles. The molecule has 1 amide bonds. The fraction of sp³-hybridized carbons (Fsp3) is 0.526. The van der Waals surface area contributed by atoms with E-state index in [0.29, 0.717) is 31.5 Å². The van der Waals surface area contributed by atoms with Gasteiger partial charge in [0, 0.05) is 13.1 Å². The molecule has 3 rings (SSSR count). The van der Waals surface area contributed by atoms with Crippen LogP contribution in [-0.2, 0) is 9.63 Å². The molecule has 0 saturated carbocycles. The van der Waals surface area contributed by atoms with Gasteiger partial charge < -0.3 is 10.3 Å². The number of aryl methyl sites for hydroxylation is 2. The quantitative estimate of drug-likeness (QED) is 0.861. The maximum Gasteiger partial charge on any atom is 0.282 e. The van der Waals surface area contributed by atoms with Gasteiger partial charge in [0.15, 0.2) is 0 Å². The zero-order valence-corrected chi connectivity index (χ0v) is 15.5. The van der Waals surface area contributed by atoms with E-state index in [1.807, 2.05) is 33.8 Å². The van der Waals surface area contributed by atoms with Crippen LogP contribution in [-0.4, -0.2) is 52.1 Å². The number of amides is 1. The number of aliphatic hydroxyl groups is 1. The van der Waals surface area contributed by atoms with Crippen LogP contribution in [0.3, 0.4) is 0 Å². The Hall–Kier alpha value is -1.89. The van der Waals surface area contributed by atoms with Crippen molar-refractivity contribution in [1.82, 2.24) is 10.1 Å². The van der Waals surface area contributed by atoms with E-state index in [4.69, 9.17) is 4.84 Å². The molecule has 6 heteroatoms. The fourth-order valence-electron chi connectivity index (χ4n) is 4.18. The first-order chi connectivity index (χ1) is 11.7. The zero-order valence-electron chi connectivity index (χ0n) is 15.5. The molecule has 1 fully saturated rings. The Morgan fingerprint density at radius 2 is 1.68 bits per heavy atom. The second-order valence-electron chi connectivity index (χ2n) is 7.13. The summed E-state index contributed by atoms with van der Waals surface area (Å²) in [6.45, 7) is 8.75. The average Bonchev–Trinajstić information content (AvgIpc) is 2.77. The van der Waals surface area contributed by atoms with E-state index < -0.39 is 5.54 Å². The van der Waals surface area contributed by atoms with Gasteiger partial charge in [0.2, 0.25) is 0 Å². The molecule has 1 saturated heterocycles. The fourth-order valence-corrected chi connectivity index (χ4v) is 4.18. The first-order valence-electron chi connectivity index (χ1n) is 8.58. The summed E-state index contributed by atoms with van der Waals surface area (Å²) in [6, 6.07) is 2.05. The first kappa shape index (κ1) is 17.9. The molecule has 0 atom stereocenters. The smallest absolute Gasteiger partial charge is 0.282 e. The van der Waals surface area contributed by atoms with Crippen LogP contribution in [0.2, 0.25) is 0 Å². The summed E-state index contributed by atoms with van der Waals surface area (Å²) in [6.07, 6.45) is 0.836. The molecule has 0 radical (unpaired) electrons. The molecule has 0 aliphatic carbocycles. The van der Waals surface area contributed by atoms with Crippen LogP contribution >= 0.6 is 0 Å². The Labute approximate surface area is 148 Å². The van der Waals surface area contributed by atoms with Crippen molar-refractivity contribution in [2.75, 3.05) is 20.2 Å². The lowest BCUT2D eigenvalue weighted by Crippen LogP contribution is -2.54. The highest BCUT2D eigenvalue weighted by molar-refractivity contribution is 6.23. The van der Waals surface area contributed by atoms with E-state index in [0.717, 1.165) is 27.8 Å². The normalized spacial score (nSPS) is 20.9. The van der Waals surface area contributed by atoms with Gasteiger partial charge in [0.25, 0.3) is 5.91 Å². The number of benzene rings is 1. The number of nitrogens with zero attached hydrogens (tertiary/aromatic N) is 2. The highest BCUT2D eigenvalue weighted by atomic mass is 16.7. The molecule has 2 aliphatic heterocycles. The Morgan fingerprint density at radius 1 is 1.08 bits per heavy atom. The second-order valence-corrected chi connectivity index (χ2v) is 7.13. The molecular weight excluding hydrogens is 320 g/mol. The highest BCUT2D eigenvalue weighted by Crippen LogP contribution is 2.46. The lowest BCUT2D eigenvalue weighted by atomic mass is 9.84. The van der Waals surface area contributed by atoms with Crippen molar-refractivity contribution in [1.29, 1.82) is 0 Å². The Kier molecular flexibility index (Phi) is 4.39. The number of carbonyl (C=O) groups is 1. The summed E-state index contributed by atoms with van der Waals surface area (Å²) in [4.78, 5) is 18.5. The van der Waals surface area contributed by atoms with Gasteiger partial charge in [-0.25, -0.2) is 5.06 Å². The average molecular weight is 346 g/mol. The predicted molar refractivity (Wildman–Crippen MR) is 94.1 cm³/mol. The molecule has 0 unspecified atom stereocenters. The Balaban J connectivity index is 2.21. The summed E-state index contributed by atoms with van der Waals surface area (Å²) in [5.41, 5.74) is 4.45. The molecule has 0 bridgehead atoms. The van der Waals surface area contributed by atoms with Crippen molar-refractivity contribution in [3.8, 4) is 0 Å². The summed E-state index contributed by atoms with van der Waals surface area (Å²) in [5.74, 6) is -0.261. The van der Waals surface area contributed by atoms with Crippen LogP contribution in [0.25, 0.3) is 5.57 Å². The molecule has 1 spiro atoms. The van der Waals surface area contributed by atoms with E-state index >= 15 is 0 Å².